The molecule has 2 aliphatic rings. The summed E-state index contributed by atoms with van der Waals surface area (Å²) in [5.41, 5.74) is 0.853. The first-order chi connectivity index (χ1) is 14.3. The van der Waals surface area contributed by atoms with Crippen molar-refractivity contribution in [3.63, 3.8) is 0 Å². The molecule has 30 heavy (non-hydrogen) atoms. The number of amides is 1. The second-order valence-electron chi connectivity index (χ2n) is 7.96. The van der Waals surface area contributed by atoms with E-state index in [0.29, 0.717) is 17.9 Å². The Morgan fingerprint density at radius 3 is 2.80 bits per heavy atom. The summed E-state index contributed by atoms with van der Waals surface area (Å²) in [6, 6.07) is 4.57. The number of hydrogen-bond donors (Lipinski definition) is 1. The Balaban J connectivity index is 1.72. The second-order valence-corrected chi connectivity index (χ2v) is 7.96. The Hall–Kier alpha value is -2.71. The van der Waals surface area contributed by atoms with Crippen molar-refractivity contribution < 1.29 is 22.7 Å². The van der Waals surface area contributed by atoms with Crippen LogP contribution in [0.1, 0.15) is 60.6 Å². The monoisotopic (exact) mass is 422 g/mol. The van der Waals surface area contributed by atoms with Crippen LogP contribution in [0.25, 0.3) is 0 Å². The van der Waals surface area contributed by atoms with Gasteiger partial charge in [-0.05, 0) is 43.9 Å². The lowest BCUT2D eigenvalue weighted by Gasteiger charge is -2.36. The third-order valence-corrected chi connectivity index (χ3v) is 6.03. The van der Waals surface area contributed by atoms with Crippen LogP contribution in [0, 0.1) is 0 Å². The average Bonchev–Trinajstić information content (AvgIpc) is 3.16. The summed E-state index contributed by atoms with van der Waals surface area (Å²) in [4.78, 5) is 14.9. The van der Waals surface area contributed by atoms with E-state index in [4.69, 9.17) is 4.74 Å². The van der Waals surface area contributed by atoms with Gasteiger partial charge in [-0.2, -0.15) is 18.3 Å². The Kier molecular flexibility index (Phi) is 5.38. The molecular weight excluding hydrogens is 397 g/mol. The standard InChI is InChI=1S/C21H25F3N4O2/c1-13-6-3-4-9-27(13)20(29)16-12-25-28-18(21(22,23)24)11-17(26-19(16)28)14-7-5-8-15(10-14)30-2/h5,7-8,10,12-13,17-18,26H,3-4,6,9,11H2,1-2H3/t13-,17+,18+/m0/s1. The Labute approximate surface area is 173 Å². The number of benzene rings is 1. The van der Waals surface area contributed by atoms with E-state index in [1.54, 1.807) is 29.2 Å². The molecule has 1 saturated heterocycles. The molecule has 1 N–H and O–H groups in total. The van der Waals surface area contributed by atoms with E-state index in [2.05, 4.69) is 10.4 Å². The summed E-state index contributed by atoms with van der Waals surface area (Å²) in [5, 5.41) is 7.12. The molecule has 0 radical (unpaired) electrons. The number of anilines is 1. The van der Waals surface area contributed by atoms with Crippen molar-refractivity contribution in [2.75, 3.05) is 19.0 Å². The Morgan fingerprint density at radius 2 is 2.10 bits per heavy atom. The summed E-state index contributed by atoms with van der Waals surface area (Å²) in [7, 11) is 1.51. The molecule has 0 spiro atoms. The number of ether oxygens (including phenoxy) is 1. The number of carbonyl (C=O) groups is 1. The highest BCUT2D eigenvalue weighted by atomic mass is 19.4. The van der Waals surface area contributed by atoms with Crippen LogP contribution in [0.15, 0.2) is 30.5 Å². The van der Waals surface area contributed by atoms with Crippen LogP contribution in [0.2, 0.25) is 0 Å². The molecule has 1 amide bonds. The molecule has 4 rings (SSSR count). The topological polar surface area (TPSA) is 59.4 Å². The average molecular weight is 422 g/mol. The van der Waals surface area contributed by atoms with E-state index in [9.17, 15) is 18.0 Å². The third kappa shape index (κ3) is 3.73. The van der Waals surface area contributed by atoms with Gasteiger partial charge in [0, 0.05) is 19.0 Å². The highest BCUT2D eigenvalue weighted by Crippen LogP contribution is 2.45. The minimum atomic E-state index is -4.49. The molecule has 1 aromatic heterocycles. The van der Waals surface area contributed by atoms with Gasteiger partial charge in [0.25, 0.3) is 5.91 Å². The van der Waals surface area contributed by atoms with Crippen LogP contribution in [0.5, 0.6) is 5.75 Å². The fourth-order valence-electron chi connectivity index (χ4n) is 4.35. The lowest BCUT2D eigenvalue weighted by Crippen LogP contribution is -2.42. The van der Waals surface area contributed by atoms with Crippen LogP contribution in [0.4, 0.5) is 19.0 Å². The van der Waals surface area contributed by atoms with Gasteiger partial charge in [0.2, 0.25) is 0 Å². The fourth-order valence-corrected chi connectivity index (χ4v) is 4.35. The van der Waals surface area contributed by atoms with Gasteiger partial charge in [0.1, 0.15) is 17.1 Å². The lowest BCUT2D eigenvalue weighted by molar-refractivity contribution is -0.173. The van der Waals surface area contributed by atoms with E-state index in [1.807, 2.05) is 6.92 Å². The zero-order valence-corrected chi connectivity index (χ0v) is 16.9. The number of alkyl halides is 3. The molecule has 3 atom stereocenters. The van der Waals surface area contributed by atoms with Crippen molar-refractivity contribution >= 4 is 11.7 Å². The van der Waals surface area contributed by atoms with E-state index < -0.39 is 18.3 Å². The SMILES string of the molecule is COc1cccc([C@H]2C[C@H](C(F)(F)F)n3ncc(C(=O)N4CCCC[C@@H]4C)c3N2)c1. The molecule has 1 aromatic carbocycles. The van der Waals surface area contributed by atoms with Crippen molar-refractivity contribution in [2.45, 2.75) is 56.9 Å². The Bertz CT molecular complexity index is 927. The van der Waals surface area contributed by atoms with Gasteiger partial charge in [-0.25, -0.2) is 4.68 Å². The van der Waals surface area contributed by atoms with Gasteiger partial charge in [0.15, 0.2) is 6.04 Å². The molecule has 6 nitrogen and oxygen atoms in total. The molecule has 0 saturated carbocycles. The highest BCUT2D eigenvalue weighted by molar-refractivity contribution is 5.99. The lowest BCUT2D eigenvalue weighted by atomic mass is 9.96. The van der Waals surface area contributed by atoms with Crippen LogP contribution >= 0.6 is 0 Å². The van der Waals surface area contributed by atoms with Crippen LogP contribution in [-0.2, 0) is 0 Å². The first-order valence-corrected chi connectivity index (χ1v) is 10.1. The van der Waals surface area contributed by atoms with Gasteiger partial charge < -0.3 is 15.0 Å². The molecule has 0 bridgehead atoms. The fraction of sp³-hybridized carbons (Fsp3) is 0.524. The van der Waals surface area contributed by atoms with Gasteiger partial charge in [0.05, 0.1) is 19.3 Å². The quantitative estimate of drug-likeness (QED) is 0.788. The summed E-state index contributed by atoms with van der Waals surface area (Å²) < 4.78 is 47.8. The summed E-state index contributed by atoms with van der Waals surface area (Å²) in [6.07, 6.45) is -0.620. The molecule has 162 valence electrons. The van der Waals surface area contributed by atoms with Crippen molar-refractivity contribution in [3.8, 4) is 5.75 Å². The largest absolute Gasteiger partial charge is 0.497 e. The van der Waals surface area contributed by atoms with Crippen molar-refractivity contribution in [2.24, 2.45) is 0 Å². The number of nitrogens with zero attached hydrogens (tertiary/aromatic N) is 3. The number of rotatable bonds is 3. The predicted molar refractivity (Wildman–Crippen MR) is 106 cm³/mol. The van der Waals surface area contributed by atoms with Crippen molar-refractivity contribution in [1.82, 2.24) is 14.7 Å². The molecule has 2 aliphatic heterocycles. The maximum atomic E-state index is 13.9. The summed E-state index contributed by atoms with van der Waals surface area (Å²) in [5.74, 6) is 0.415. The number of fused-ring (bicyclic) bond motifs is 1. The molecule has 2 aromatic rings. The van der Waals surface area contributed by atoms with Gasteiger partial charge >= 0.3 is 6.18 Å². The number of nitrogens with one attached hydrogen (secondary N) is 1. The number of likely N-dealkylation sites (tertiary alicyclic amines) is 1. The number of piperidine rings is 1. The number of methoxy groups -OCH3 is 1. The second kappa shape index (κ2) is 7.85. The van der Waals surface area contributed by atoms with Gasteiger partial charge in [-0.3, -0.25) is 4.79 Å². The normalized spacial score (nSPS) is 24.2. The first-order valence-electron chi connectivity index (χ1n) is 10.1. The number of hydrogen-bond acceptors (Lipinski definition) is 4. The zero-order valence-electron chi connectivity index (χ0n) is 16.9. The maximum Gasteiger partial charge on any atom is 0.410 e. The molecule has 0 aliphatic carbocycles. The molecule has 0 unspecified atom stereocenters. The van der Waals surface area contributed by atoms with Gasteiger partial charge in [-0.15, -0.1) is 0 Å². The zero-order chi connectivity index (χ0) is 21.5. The number of carbonyl (C=O) groups excluding carboxylic acids is 1. The summed E-state index contributed by atoms with van der Waals surface area (Å²) in [6.45, 7) is 2.57. The van der Waals surface area contributed by atoms with E-state index in [0.717, 1.165) is 23.9 Å². The third-order valence-electron chi connectivity index (χ3n) is 6.03. The predicted octanol–water partition coefficient (Wildman–Crippen LogP) is 4.57. The molecule has 1 fully saturated rings. The van der Waals surface area contributed by atoms with Crippen LogP contribution < -0.4 is 10.1 Å². The van der Waals surface area contributed by atoms with E-state index in [1.165, 1.54) is 13.3 Å². The number of aromatic nitrogens is 2. The minimum absolute atomic E-state index is 0.0537. The maximum absolute atomic E-state index is 13.9. The molecule has 3 heterocycles. The smallest absolute Gasteiger partial charge is 0.410 e. The minimum Gasteiger partial charge on any atom is -0.497 e. The first kappa shape index (κ1) is 20.6. The Morgan fingerprint density at radius 1 is 1.30 bits per heavy atom. The molecular formula is C21H25F3N4O2. The van der Waals surface area contributed by atoms with Crippen LogP contribution in [-0.4, -0.2) is 46.5 Å². The van der Waals surface area contributed by atoms with E-state index >= 15 is 0 Å². The summed E-state index contributed by atoms with van der Waals surface area (Å²) >= 11 is 0. The highest BCUT2D eigenvalue weighted by Gasteiger charge is 2.47. The van der Waals surface area contributed by atoms with Crippen molar-refractivity contribution in [3.05, 3.63) is 41.6 Å². The van der Waals surface area contributed by atoms with Crippen molar-refractivity contribution in [1.29, 1.82) is 0 Å². The molecule has 9 heteroatoms. The van der Waals surface area contributed by atoms with Gasteiger partial charge in [-0.1, -0.05) is 12.1 Å². The number of halogens is 3. The van der Waals surface area contributed by atoms with E-state index in [-0.39, 0.29) is 29.8 Å². The van der Waals surface area contributed by atoms with Crippen LogP contribution in [0.3, 0.4) is 0 Å².